The van der Waals surface area contributed by atoms with Gasteiger partial charge in [0.1, 0.15) is 0 Å². The maximum absolute atomic E-state index is 9.45. The van der Waals surface area contributed by atoms with E-state index in [0.29, 0.717) is 0 Å². The minimum absolute atomic E-state index is 0.0957. The zero-order valence-corrected chi connectivity index (χ0v) is 5.32. The molecule has 48 valence electrons. The van der Waals surface area contributed by atoms with Crippen LogP contribution < -0.4 is 0 Å². The number of carbonyl (C=O) groups is 2. The van der Waals surface area contributed by atoms with E-state index < -0.39 is 5.24 Å². The Morgan fingerprint density at radius 3 is 1.88 bits per heavy atom. The molecule has 0 unspecified atom stereocenters. The Morgan fingerprint density at radius 1 is 1.75 bits per heavy atom. The number of alkyl halides is 1. The van der Waals surface area contributed by atoms with Gasteiger partial charge < -0.3 is 5.11 Å². The highest BCUT2D eigenvalue weighted by molar-refractivity contribution is 6.67. The van der Waals surface area contributed by atoms with Gasteiger partial charge in [-0.2, -0.15) is 0 Å². The quantitative estimate of drug-likeness (QED) is 0.348. The predicted molar refractivity (Wildman–Crippen MR) is 30.3 cm³/mol. The van der Waals surface area contributed by atoms with Crippen molar-refractivity contribution in [3.05, 3.63) is 0 Å². The Labute approximate surface area is 56.2 Å². The van der Waals surface area contributed by atoms with E-state index in [1.165, 1.54) is 0 Å². The Bertz CT molecular complexity index is 72.9. The molecular formula is C3H4Cl2O3. The average Bonchev–Trinajstić information content (AvgIpc) is 1.69. The molecule has 0 aromatic rings. The van der Waals surface area contributed by atoms with Gasteiger partial charge in [0.15, 0.2) is 0 Å². The molecule has 0 saturated carbocycles. The predicted octanol–water partition coefficient (Wildman–Crippen LogP) is 0.691. The number of hydrogen-bond acceptors (Lipinski definition) is 2. The van der Waals surface area contributed by atoms with Crippen LogP contribution in [0.15, 0.2) is 0 Å². The fourth-order valence-electron chi connectivity index (χ4n) is 0. The van der Waals surface area contributed by atoms with E-state index in [-0.39, 0.29) is 12.4 Å². The van der Waals surface area contributed by atoms with E-state index in [1.807, 2.05) is 0 Å². The molecule has 0 bridgehead atoms. The fourth-order valence-corrected chi connectivity index (χ4v) is 0. The SMILES string of the molecule is O=C(Cl)CCl.O=CO. The molecule has 0 saturated heterocycles. The zero-order chi connectivity index (χ0) is 6.99. The number of carboxylic acid groups (broad SMARTS) is 1. The highest BCUT2D eigenvalue weighted by atomic mass is 35.5. The van der Waals surface area contributed by atoms with Crippen molar-refractivity contribution < 1.29 is 14.7 Å². The normalized spacial score (nSPS) is 6.25. The van der Waals surface area contributed by atoms with Crippen LogP contribution in [0.2, 0.25) is 0 Å². The van der Waals surface area contributed by atoms with Gasteiger partial charge in [-0.3, -0.25) is 9.59 Å². The molecule has 0 spiro atoms. The molecule has 0 aliphatic rings. The first kappa shape index (κ1) is 10.7. The third-order valence-corrected chi connectivity index (χ3v) is 0.618. The summed E-state index contributed by atoms with van der Waals surface area (Å²) in [4.78, 5) is 17.8. The van der Waals surface area contributed by atoms with E-state index in [1.54, 1.807) is 0 Å². The average molecular weight is 159 g/mol. The Balaban J connectivity index is 0. The third kappa shape index (κ3) is 43.1. The maximum Gasteiger partial charge on any atom is 0.290 e. The number of rotatable bonds is 1. The van der Waals surface area contributed by atoms with Crippen LogP contribution in [-0.2, 0) is 9.59 Å². The van der Waals surface area contributed by atoms with Crippen LogP contribution in [0, 0.1) is 0 Å². The van der Waals surface area contributed by atoms with Crippen molar-refractivity contribution in [1.82, 2.24) is 0 Å². The minimum Gasteiger partial charge on any atom is -0.483 e. The van der Waals surface area contributed by atoms with Gasteiger partial charge in [-0.05, 0) is 11.6 Å². The summed E-state index contributed by atoms with van der Waals surface area (Å²) in [5.74, 6) is -0.0957. The Hall–Kier alpha value is -0.280. The van der Waals surface area contributed by atoms with E-state index in [9.17, 15) is 4.79 Å². The van der Waals surface area contributed by atoms with Gasteiger partial charge in [-0.1, -0.05) is 0 Å². The van der Waals surface area contributed by atoms with Crippen molar-refractivity contribution in [3.63, 3.8) is 0 Å². The molecule has 0 fully saturated rings. The smallest absolute Gasteiger partial charge is 0.290 e. The van der Waals surface area contributed by atoms with Gasteiger partial charge >= 0.3 is 0 Å². The second-order valence-electron chi connectivity index (χ2n) is 0.594. The Kier molecular flexibility index (Phi) is 13.1. The lowest BCUT2D eigenvalue weighted by Crippen LogP contribution is -1.81. The molecule has 0 heterocycles. The van der Waals surface area contributed by atoms with Crippen LogP contribution >= 0.6 is 23.2 Å². The van der Waals surface area contributed by atoms with Crippen LogP contribution in [0.4, 0.5) is 0 Å². The maximum atomic E-state index is 9.45. The van der Waals surface area contributed by atoms with Crippen molar-refractivity contribution in [2.24, 2.45) is 0 Å². The van der Waals surface area contributed by atoms with Gasteiger partial charge in [0.2, 0.25) is 5.24 Å². The van der Waals surface area contributed by atoms with Crippen LogP contribution in [0.5, 0.6) is 0 Å². The lowest BCUT2D eigenvalue weighted by Gasteiger charge is -1.65. The molecule has 0 aliphatic heterocycles. The molecule has 0 aliphatic carbocycles. The first-order valence-corrected chi connectivity index (χ1v) is 2.42. The molecule has 1 N–H and O–H groups in total. The standard InChI is InChI=1S/C2H2Cl2O.CH2O2/c3-1-2(4)5;2-1-3/h1H2;1H,(H,2,3). The lowest BCUT2D eigenvalue weighted by atomic mass is 10.9. The highest BCUT2D eigenvalue weighted by Crippen LogP contribution is 1.80. The Morgan fingerprint density at radius 2 is 1.88 bits per heavy atom. The summed E-state index contributed by atoms with van der Waals surface area (Å²) in [5, 5.41) is 6.38. The zero-order valence-electron chi connectivity index (χ0n) is 3.80. The van der Waals surface area contributed by atoms with E-state index in [4.69, 9.17) is 33.1 Å². The van der Waals surface area contributed by atoms with Crippen molar-refractivity contribution >= 4 is 34.9 Å². The molecule has 0 aromatic carbocycles. The molecule has 0 aromatic heterocycles. The lowest BCUT2D eigenvalue weighted by molar-refractivity contribution is -0.122. The molecule has 0 amide bonds. The van der Waals surface area contributed by atoms with Gasteiger partial charge in [0.05, 0.1) is 5.88 Å². The minimum atomic E-state index is -0.508. The van der Waals surface area contributed by atoms with Crippen molar-refractivity contribution in [2.75, 3.05) is 5.88 Å². The first-order chi connectivity index (χ1) is 3.68. The molecule has 3 nitrogen and oxygen atoms in total. The third-order valence-electron chi connectivity index (χ3n) is 0.105. The summed E-state index contributed by atoms with van der Waals surface area (Å²) >= 11 is 9.55. The summed E-state index contributed by atoms with van der Waals surface area (Å²) in [7, 11) is 0. The summed E-state index contributed by atoms with van der Waals surface area (Å²) in [6, 6.07) is 0. The summed E-state index contributed by atoms with van der Waals surface area (Å²) in [6.45, 7) is -0.250. The topological polar surface area (TPSA) is 54.4 Å². The van der Waals surface area contributed by atoms with Gasteiger partial charge in [0.25, 0.3) is 6.47 Å². The first-order valence-electron chi connectivity index (χ1n) is 1.51. The monoisotopic (exact) mass is 158 g/mol. The van der Waals surface area contributed by atoms with Crippen molar-refractivity contribution in [1.29, 1.82) is 0 Å². The van der Waals surface area contributed by atoms with Crippen LogP contribution in [0.1, 0.15) is 0 Å². The van der Waals surface area contributed by atoms with E-state index in [0.717, 1.165) is 0 Å². The van der Waals surface area contributed by atoms with Crippen molar-refractivity contribution in [3.8, 4) is 0 Å². The number of carbonyl (C=O) groups excluding carboxylic acids is 1. The van der Waals surface area contributed by atoms with E-state index in [2.05, 4.69) is 0 Å². The molecule has 0 rings (SSSR count). The molecule has 0 atom stereocenters. The second kappa shape index (κ2) is 9.87. The number of hydrogen-bond donors (Lipinski definition) is 1. The van der Waals surface area contributed by atoms with Gasteiger partial charge in [-0.15, -0.1) is 11.6 Å². The van der Waals surface area contributed by atoms with Gasteiger partial charge in [0, 0.05) is 0 Å². The summed E-state index contributed by atoms with van der Waals surface area (Å²) < 4.78 is 0. The second-order valence-corrected chi connectivity index (χ2v) is 1.28. The van der Waals surface area contributed by atoms with Crippen LogP contribution in [-0.4, -0.2) is 22.7 Å². The molecular weight excluding hydrogens is 155 g/mol. The largest absolute Gasteiger partial charge is 0.483 e. The number of halogens is 2. The summed E-state index contributed by atoms with van der Waals surface area (Å²) in [6.07, 6.45) is 0. The molecule has 0 radical (unpaired) electrons. The van der Waals surface area contributed by atoms with Crippen LogP contribution in [0.25, 0.3) is 0 Å². The molecule has 5 heteroatoms. The van der Waals surface area contributed by atoms with Gasteiger partial charge in [-0.25, -0.2) is 0 Å². The van der Waals surface area contributed by atoms with Crippen molar-refractivity contribution in [2.45, 2.75) is 0 Å². The summed E-state index contributed by atoms with van der Waals surface area (Å²) in [5.41, 5.74) is 0. The van der Waals surface area contributed by atoms with E-state index >= 15 is 0 Å². The molecule has 8 heavy (non-hydrogen) atoms. The van der Waals surface area contributed by atoms with Crippen LogP contribution in [0.3, 0.4) is 0 Å². The highest BCUT2D eigenvalue weighted by Gasteiger charge is 1.83. The fraction of sp³-hybridized carbons (Fsp3) is 0.333.